The molecule has 1 aliphatic rings. The molecule has 21 heavy (non-hydrogen) atoms. The van der Waals surface area contributed by atoms with E-state index in [-0.39, 0.29) is 29.4 Å². The number of hydrogen-bond acceptors (Lipinski definition) is 5. The Labute approximate surface area is 122 Å². The number of aliphatic carboxylic acids is 1. The molecule has 1 aromatic carbocycles. The monoisotopic (exact) mass is 294 g/mol. The van der Waals surface area contributed by atoms with Crippen molar-refractivity contribution in [3.63, 3.8) is 0 Å². The van der Waals surface area contributed by atoms with E-state index in [2.05, 4.69) is 0 Å². The normalized spacial score (nSPS) is 15.9. The van der Waals surface area contributed by atoms with Crippen molar-refractivity contribution in [2.45, 2.75) is 6.42 Å². The molecule has 0 saturated carbocycles. The fraction of sp³-hybridized carbons (Fsp3) is 0.429. The van der Waals surface area contributed by atoms with Crippen LogP contribution in [0.3, 0.4) is 0 Å². The van der Waals surface area contributed by atoms with E-state index < -0.39 is 5.97 Å². The number of piperazine rings is 1. The summed E-state index contributed by atoms with van der Waals surface area (Å²) in [6.07, 6.45) is 0.0900. The van der Waals surface area contributed by atoms with Crippen molar-refractivity contribution in [1.29, 1.82) is 0 Å². The number of carboxylic acid groups (broad SMARTS) is 1. The van der Waals surface area contributed by atoms with Gasteiger partial charge in [0.25, 0.3) is 5.91 Å². The minimum absolute atomic E-state index is 0.0900. The molecule has 1 aliphatic heterocycles. The van der Waals surface area contributed by atoms with Gasteiger partial charge in [-0.3, -0.25) is 14.5 Å². The molecule has 2 rings (SSSR count). The maximum absolute atomic E-state index is 12.3. The standard InChI is InChI=1S/C14H18N2O5/c17-10-1-2-11(12(18)9-10)14(21)16-7-5-15(6-8-16)4-3-13(19)20/h1-2,9,17-18H,3-8H2,(H,19,20). The topological polar surface area (TPSA) is 101 Å². The summed E-state index contributed by atoms with van der Waals surface area (Å²) >= 11 is 0. The third-order valence-electron chi connectivity index (χ3n) is 3.51. The summed E-state index contributed by atoms with van der Waals surface area (Å²) in [6, 6.07) is 3.89. The summed E-state index contributed by atoms with van der Waals surface area (Å²) in [5, 5.41) is 27.6. The van der Waals surface area contributed by atoms with E-state index >= 15 is 0 Å². The van der Waals surface area contributed by atoms with Gasteiger partial charge >= 0.3 is 5.97 Å². The van der Waals surface area contributed by atoms with E-state index in [1.54, 1.807) is 4.90 Å². The van der Waals surface area contributed by atoms with Gasteiger partial charge in [-0.05, 0) is 12.1 Å². The summed E-state index contributed by atoms with van der Waals surface area (Å²) < 4.78 is 0. The molecule has 0 aromatic heterocycles. The highest BCUT2D eigenvalue weighted by molar-refractivity contribution is 5.97. The molecule has 0 spiro atoms. The second kappa shape index (κ2) is 6.45. The van der Waals surface area contributed by atoms with E-state index in [4.69, 9.17) is 5.11 Å². The van der Waals surface area contributed by atoms with Crippen LogP contribution in [0.25, 0.3) is 0 Å². The molecule has 1 amide bonds. The van der Waals surface area contributed by atoms with Gasteiger partial charge in [-0.2, -0.15) is 0 Å². The lowest BCUT2D eigenvalue weighted by atomic mass is 10.1. The van der Waals surface area contributed by atoms with Crippen molar-refractivity contribution in [2.75, 3.05) is 32.7 Å². The zero-order valence-corrected chi connectivity index (χ0v) is 11.5. The largest absolute Gasteiger partial charge is 0.508 e. The molecule has 1 saturated heterocycles. The molecule has 0 atom stereocenters. The molecular weight excluding hydrogens is 276 g/mol. The van der Waals surface area contributed by atoms with Gasteiger partial charge in [0.05, 0.1) is 12.0 Å². The zero-order valence-electron chi connectivity index (χ0n) is 11.5. The first-order valence-electron chi connectivity index (χ1n) is 6.73. The minimum atomic E-state index is -0.831. The summed E-state index contributed by atoms with van der Waals surface area (Å²) in [4.78, 5) is 26.4. The molecule has 3 N–H and O–H groups in total. The van der Waals surface area contributed by atoms with Gasteiger partial charge in [0.2, 0.25) is 0 Å². The highest BCUT2D eigenvalue weighted by Crippen LogP contribution is 2.24. The molecule has 0 bridgehead atoms. The third kappa shape index (κ3) is 3.85. The van der Waals surface area contributed by atoms with Crippen LogP contribution < -0.4 is 0 Å². The number of benzene rings is 1. The minimum Gasteiger partial charge on any atom is -0.508 e. The molecular formula is C14H18N2O5. The number of phenolic OH excluding ortho intramolecular Hbond substituents is 2. The molecule has 0 radical (unpaired) electrons. The number of hydrogen-bond donors (Lipinski definition) is 3. The van der Waals surface area contributed by atoms with Crippen LogP contribution >= 0.6 is 0 Å². The average molecular weight is 294 g/mol. The van der Waals surface area contributed by atoms with Gasteiger partial charge < -0.3 is 20.2 Å². The first-order chi connectivity index (χ1) is 9.97. The predicted octanol–water partition coefficient (Wildman–Crippen LogP) is 0.330. The SMILES string of the molecule is O=C(O)CCN1CCN(C(=O)c2ccc(O)cc2O)CC1. The van der Waals surface area contributed by atoms with Crippen molar-refractivity contribution in [3.8, 4) is 11.5 Å². The quantitative estimate of drug-likeness (QED) is 0.740. The van der Waals surface area contributed by atoms with Crippen LogP contribution in [-0.2, 0) is 4.79 Å². The van der Waals surface area contributed by atoms with Crippen molar-refractivity contribution < 1.29 is 24.9 Å². The maximum atomic E-state index is 12.3. The number of nitrogens with zero attached hydrogens (tertiary/aromatic N) is 2. The lowest BCUT2D eigenvalue weighted by Crippen LogP contribution is -2.49. The van der Waals surface area contributed by atoms with Gasteiger partial charge in [-0.1, -0.05) is 0 Å². The second-order valence-corrected chi connectivity index (χ2v) is 4.98. The number of aromatic hydroxyl groups is 2. The Morgan fingerprint density at radius 3 is 2.33 bits per heavy atom. The molecule has 1 heterocycles. The Morgan fingerprint density at radius 2 is 1.76 bits per heavy atom. The van der Waals surface area contributed by atoms with Crippen LogP contribution in [0.4, 0.5) is 0 Å². The van der Waals surface area contributed by atoms with Crippen molar-refractivity contribution >= 4 is 11.9 Å². The zero-order chi connectivity index (χ0) is 15.4. The van der Waals surface area contributed by atoms with Crippen molar-refractivity contribution in [3.05, 3.63) is 23.8 Å². The highest BCUT2D eigenvalue weighted by atomic mass is 16.4. The third-order valence-corrected chi connectivity index (χ3v) is 3.51. The fourth-order valence-electron chi connectivity index (χ4n) is 2.30. The number of amides is 1. The molecule has 7 nitrogen and oxygen atoms in total. The lowest BCUT2D eigenvalue weighted by Gasteiger charge is -2.34. The van der Waals surface area contributed by atoms with Crippen LogP contribution in [0.15, 0.2) is 18.2 Å². The first kappa shape index (κ1) is 15.1. The van der Waals surface area contributed by atoms with Gasteiger partial charge in [0, 0.05) is 38.8 Å². The van der Waals surface area contributed by atoms with Crippen LogP contribution in [0.2, 0.25) is 0 Å². The van der Waals surface area contributed by atoms with E-state index in [0.29, 0.717) is 32.7 Å². The Kier molecular flexibility index (Phi) is 4.64. The second-order valence-electron chi connectivity index (χ2n) is 4.98. The highest BCUT2D eigenvalue weighted by Gasteiger charge is 2.24. The lowest BCUT2D eigenvalue weighted by molar-refractivity contribution is -0.137. The molecule has 0 unspecified atom stereocenters. The van der Waals surface area contributed by atoms with Crippen LogP contribution in [-0.4, -0.2) is 69.7 Å². The van der Waals surface area contributed by atoms with Gasteiger partial charge in [0.15, 0.2) is 0 Å². The van der Waals surface area contributed by atoms with Gasteiger partial charge in [-0.15, -0.1) is 0 Å². The number of carbonyl (C=O) groups is 2. The molecule has 1 fully saturated rings. The Bertz CT molecular complexity index is 538. The average Bonchev–Trinajstić information content (AvgIpc) is 2.45. The Hall–Kier alpha value is -2.28. The van der Waals surface area contributed by atoms with E-state index in [9.17, 15) is 19.8 Å². The summed E-state index contributed by atoms with van der Waals surface area (Å²) in [5.74, 6) is -1.45. The molecule has 0 aliphatic carbocycles. The van der Waals surface area contributed by atoms with Crippen molar-refractivity contribution in [2.24, 2.45) is 0 Å². The molecule has 7 heteroatoms. The Balaban J connectivity index is 1.92. The number of carbonyl (C=O) groups excluding carboxylic acids is 1. The first-order valence-corrected chi connectivity index (χ1v) is 6.73. The van der Waals surface area contributed by atoms with E-state index in [0.717, 1.165) is 6.07 Å². The Morgan fingerprint density at radius 1 is 1.10 bits per heavy atom. The number of rotatable bonds is 4. The summed E-state index contributed by atoms with van der Waals surface area (Å²) in [6.45, 7) is 2.66. The number of carboxylic acids is 1. The predicted molar refractivity (Wildman–Crippen MR) is 74.4 cm³/mol. The van der Waals surface area contributed by atoms with Crippen molar-refractivity contribution in [1.82, 2.24) is 9.80 Å². The van der Waals surface area contributed by atoms with Gasteiger partial charge in [0.1, 0.15) is 11.5 Å². The summed E-state index contributed by atoms with van der Waals surface area (Å²) in [7, 11) is 0. The molecule has 1 aromatic rings. The fourth-order valence-corrected chi connectivity index (χ4v) is 2.30. The smallest absolute Gasteiger partial charge is 0.304 e. The summed E-state index contributed by atoms with van der Waals surface area (Å²) in [5.41, 5.74) is 0.159. The maximum Gasteiger partial charge on any atom is 0.304 e. The van der Waals surface area contributed by atoms with Gasteiger partial charge in [-0.25, -0.2) is 0 Å². The van der Waals surface area contributed by atoms with E-state index in [1.165, 1.54) is 12.1 Å². The van der Waals surface area contributed by atoms with Crippen LogP contribution in [0, 0.1) is 0 Å². The van der Waals surface area contributed by atoms with E-state index in [1.807, 2.05) is 4.90 Å². The van der Waals surface area contributed by atoms with Crippen LogP contribution in [0.5, 0.6) is 11.5 Å². The molecule has 114 valence electrons. The number of phenols is 2. The van der Waals surface area contributed by atoms with Crippen LogP contribution in [0.1, 0.15) is 16.8 Å².